The molecular formula is C15H20ClNO3. The summed E-state index contributed by atoms with van der Waals surface area (Å²) >= 11 is 6.20. The molecule has 0 radical (unpaired) electrons. The summed E-state index contributed by atoms with van der Waals surface area (Å²) in [7, 11) is 3.14. The molecule has 0 N–H and O–H groups in total. The van der Waals surface area contributed by atoms with Crippen molar-refractivity contribution in [2.75, 3.05) is 27.3 Å². The zero-order chi connectivity index (χ0) is 14.7. The van der Waals surface area contributed by atoms with Gasteiger partial charge in [0.05, 0.1) is 19.8 Å². The van der Waals surface area contributed by atoms with Gasteiger partial charge < -0.3 is 14.4 Å². The zero-order valence-corrected chi connectivity index (χ0v) is 12.8. The second-order valence-electron chi connectivity index (χ2n) is 5.10. The molecule has 1 aromatic carbocycles. The Labute approximate surface area is 124 Å². The summed E-state index contributed by atoms with van der Waals surface area (Å²) in [5.74, 6) is 1.50. The lowest BCUT2D eigenvalue weighted by Crippen LogP contribution is -2.43. The van der Waals surface area contributed by atoms with Crippen molar-refractivity contribution in [2.24, 2.45) is 5.92 Å². The van der Waals surface area contributed by atoms with Crippen LogP contribution in [-0.4, -0.2) is 43.5 Å². The highest BCUT2D eigenvalue weighted by Crippen LogP contribution is 2.28. The molecule has 0 spiro atoms. The molecule has 4 nitrogen and oxygen atoms in total. The minimum atomic E-state index is -0.0140. The monoisotopic (exact) mass is 297 g/mol. The molecule has 1 aliphatic heterocycles. The van der Waals surface area contributed by atoms with Gasteiger partial charge in [0.1, 0.15) is 11.5 Å². The summed E-state index contributed by atoms with van der Waals surface area (Å²) in [6.07, 6.45) is 0.826. The Balaban J connectivity index is 2.20. The average molecular weight is 298 g/mol. The van der Waals surface area contributed by atoms with Crippen LogP contribution in [0.3, 0.4) is 0 Å². The molecule has 5 heteroatoms. The van der Waals surface area contributed by atoms with Gasteiger partial charge >= 0.3 is 0 Å². The smallest absolute Gasteiger partial charge is 0.257 e. The number of likely N-dealkylation sites (tertiary alicyclic amines) is 1. The number of benzene rings is 1. The molecule has 1 fully saturated rings. The number of rotatable bonds is 3. The summed E-state index contributed by atoms with van der Waals surface area (Å²) in [6.45, 7) is 3.44. The molecule has 0 aromatic heterocycles. The molecule has 20 heavy (non-hydrogen) atoms. The topological polar surface area (TPSA) is 38.8 Å². The number of alkyl halides is 1. The highest BCUT2D eigenvalue weighted by molar-refractivity contribution is 6.20. The SMILES string of the molecule is COc1ccc(C(=O)N2CCC(Cl)C(C)C2)c(OC)c1. The first-order chi connectivity index (χ1) is 9.56. The molecule has 0 aliphatic carbocycles. The van der Waals surface area contributed by atoms with Gasteiger partial charge in [-0.1, -0.05) is 6.92 Å². The Morgan fingerprint density at radius 1 is 1.35 bits per heavy atom. The van der Waals surface area contributed by atoms with Gasteiger partial charge in [-0.15, -0.1) is 11.6 Å². The molecule has 1 heterocycles. The molecule has 2 atom stereocenters. The number of hydrogen-bond donors (Lipinski definition) is 0. The van der Waals surface area contributed by atoms with Crippen molar-refractivity contribution in [2.45, 2.75) is 18.7 Å². The third kappa shape index (κ3) is 3.01. The highest BCUT2D eigenvalue weighted by Gasteiger charge is 2.29. The van der Waals surface area contributed by atoms with E-state index in [9.17, 15) is 4.79 Å². The molecule has 1 aliphatic rings. The predicted molar refractivity (Wildman–Crippen MR) is 78.9 cm³/mol. The van der Waals surface area contributed by atoms with Gasteiger partial charge in [0, 0.05) is 24.5 Å². The number of amides is 1. The summed E-state index contributed by atoms with van der Waals surface area (Å²) in [6, 6.07) is 5.25. The zero-order valence-electron chi connectivity index (χ0n) is 12.1. The minimum Gasteiger partial charge on any atom is -0.497 e. The predicted octanol–water partition coefficient (Wildman–Crippen LogP) is 2.79. The van der Waals surface area contributed by atoms with Gasteiger partial charge in [0.25, 0.3) is 5.91 Å². The third-order valence-electron chi connectivity index (χ3n) is 3.73. The Morgan fingerprint density at radius 2 is 2.10 bits per heavy atom. The second kappa shape index (κ2) is 6.35. The maximum absolute atomic E-state index is 12.6. The number of ether oxygens (including phenoxy) is 2. The fourth-order valence-corrected chi connectivity index (χ4v) is 2.62. The van der Waals surface area contributed by atoms with Gasteiger partial charge in [-0.3, -0.25) is 4.79 Å². The number of hydrogen-bond acceptors (Lipinski definition) is 3. The number of halogens is 1. The lowest BCUT2D eigenvalue weighted by molar-refractivity contribution is 0.0683. The van der Waals surface area contributed by atoms with E-state index in [1.165, 1.54) is 0 Å². The maximum Gasteiger partial charge on any atom is 0.257 e. The van der Waals surface area contributed by atoms with Gasteiger partial charge in [-0.25, -0.2) is 0 Å². The van der Waals surface area contributed by atoms with E-state index in [1.807, 2.05) is 4.90 Å². The van der Waals surface area contributed by atoms with Crippen LogP contribution in [0.1, 0.15) is 23.7 Å². The lowest BCUT2D eigenvalue weighted by atomic mass is 9.98. The van der Waals surface area contributed by atoms with Crippen LogP contribution in [0, 0.1) is 5.92 Å². The van der Waals surface area contributed by atoms with Crippen molar-refractivity contribution in [3.63, 3.8) is 0 Å². The maximum atomic E-state index is 12.6. The molecular weight excluding hydrogens is 278 g/mol. The van der Waals surface area contributed by atoms with Crippen molar-refractivity contribution < 1.29 is 14.3 Å². The van der Waals surface area contributed by atoms with Crippen LogP contribution in [0.25, 0.3) is 0 Å². The first-order valence-corrected chi connectivity index (χ1v) is 7.15. The average Bonchev–Trinajstić information content (AvgIpc) is 2.48. The van der Waals surface area contributed by atoms with Crippen LogP contribution in [-0.2, 0) is 0 Å². The Morgan fingerprint density at radius 3 is 2.70 bits per heavy atom. The standard InChI is InChI=1S/C15H20ClNO3/c1-10-9-17(7-6-13(10)16)15(18)12-5-4-11(19-2)8-14(12)20-3/h4-5,8,10,13H,6-7,9H2,1-3H3. The fraction of sp³-hybridized carbons (Fsp3) is 0.533. The quantitative estimate of drug-likeness (QED) is 0.805. The first-order valence-electron chi connectivity index (χ1n) is 6.72. The van der Waals surface area contributed by atoms with Gasteiger partial charge in [0.15, 0.2) is 0 Å². The number of methoxy groups -OCH3 is 2. The summed E-state index contributed by atoms with van der Waals surface area (Å²) in [4.78, 5) is 14.4. The van der Waals surface area contributed by atoms with Gasteiger partial charge in [-0.2, -0.15) is 0 Å². The molecule has 0 bridgehead atoms. The molecule has 2 unspecified atom stereocenters. The van der Waals surface area contributed by atoms with Crippen molar-refractivity contribution in [3.05, 3.63) is 23.8 Å². The van der Waals surface area contributed by atoms with Crippen molar-refractivity contribution in [3.8, 4) is 11.5 Å². The highest BCUT2D eigenvalue weighted by atomic mass is 35.5. The van der Waals surface area contributed by atoms with Crippen molar-refractivity contribution in [1.29, 1.82) is 0 Å². The van der Waals surface area contributed by atoms with Crippen LogP contribution >= 0.6 is 11.6 Å². The second-order valence-corrected chi connectivity index (χ2v) is 5.66. The van der Waals surface area contributed by atoms with Crippen LogP contribution in [0.5, 0.6) is 11.5 Å². The van der Waals surface area contributed by atoms with E-state index in [-0.39, 0.29) is 11.3 Å². The van der Waals surface area contributed by atoms with E-state index in [2.05, 4.69) is 6.92 Å². The van der Waals surface area contributed by atoms with Crippen LogP contribution < -0.4 is 9.47 Å². The molecule has 2 rings (SSSR count). The Kier molecular flexibility index (Phi) is 4.76. The molecule has 110 valence electrons. The normalized spacial score (nSPS) is 22.5. The van der Waals surface area contributed by atoms with Gasteiger partial charge in [0.2, 0.25) is 0 Å². The van der Waals surface area contributed by atoms with E-state index >= 15 is 0 Å². The van der Waals surface area contributed by atoms with E-state index in [0.717, 1.165) is 6.42 Å². The first kappa shape index (κ1) is 15.0. The van der Waals surface area contributed by atoms with Crippen molar-refractivity contribution in [1.82, 2.24) is 4.90 Å². The summed E-state index contributed by atoms with van der Waals surface area (Å²) in [5, 5.41) is 0.150. The van der Waals surface area contributed by atoms with Crippen molar-refractivity contribution >= 4 is 17.5 Å². The van der Waals surface area contributed by atoms with Gasteiger partial charge in [-0.05, 0) is 24.5 Å². The number of nitrogens with zero attached hydrogens (tertiary/aromatic N) is 1. The third-order valence-corrected chi connectivity index (χ3v) is 4.38. The van der Waals surface area contributed by atoms with E-state index in [4.69, 9.17) is 21.1 Å². The van der Waals surface area contributed by atoms with E-state index in [0.29, 0.717) is 36.1 Å². The summed E-state index contributed by atoms with van der Waals surface area (Å²) in [5.41, 5.74) is 0.563. The minimum absolute atomic E-state index is 0.0140. The molecule has 1 aromatic rings. The Hall–Kier alpha value is -1.42. The number of carbonyl (C=O) groups excluding carboxylic acids is 1. The van der Waals surface area contributed by atoms with E-state index < -0.39 is 0 Å². The molecule has 1 saturated heterocycles. The molecule has 0 saturated carbocycles. The van der Waals surface area contributed by atoms with E-state index in [1.54, 1.807) is 32.4 Å². The fourth-order valence-electron chi connectivity index (χ4n) is 2.45. The number of carbonyl (C=O) groups is 1. The Bertz CT molecular complexity index is 492. The lowest BCUT2D eigenvalue weighted by Gasteiger charge is -2.34. The molecule has 1 amide bonds. The van der Waals surface area contributed by atoms with Crippen LogP contribution in [0.4, 0.5) is 0 Å². The van der Waals surface area contributed by atoms with Crippen LogP contribution in [0.2, 0.25) is 0 Å². The van der Waals surface area contributed by atoms with Crippen LogP contribution in [0.15, 0.2) is 18.2 Å². The largest absolute Gasteiger partial charge is 0.497 e. The number of piperidine rings is 1. The summed E-state index contributed by atoms with van der Waals surface area (Å²) < 4.78 is 10.4.